The Morgan fingerprint density at radius 1 is 1.07 bits per heavy atom. The van der Waals surface area contributed by atoms with Gasteiger partial charge in [-0.2, -0.15) is 11.8 Å². The van der Waals surface area contributed by atoms with Crippen molar-refractivity contribution in [3.8, 4) is 0 Å². The Morgan fingerprint density at radius 3 is 2.52 bits per heavy atom. The highest BCUT2D eigenvalue weighted by molar-refractivity contribution is 7.99. The molecule has 0 unspecified atom stereocenters. The van der Waals surface area contributed by atoms with E-state index >= 15 is 0 Å². The van der Waals surface area contributed by atoms with Crippen molar-refractivity contribution in [2.45, 2.75) is 0 Å². The van der Waals surface area contributed by atoms with E-state index in [1.807, 2.05) is 22.7 Å². The van der Waals surface area contributed by atoms with E-state index in [1.54, 1.807) is 6.33 Å². The van der Waals surface area contributed by atoms with Gasteiger partial charge in [-0.25, -0.2) is 9.97 Å². The molecule has 2 fully saturated rings. The van der Waals surface area contributed by atoms with Crippen LogP contribution in [0.5, 0.6) is 0 Å². The van der Waals surface area contributed by atoms with Crippen molar-refractivity contribution in [3.63, 3.8) is 0 Å². The lowest BCUT2D eigenvalue weighted by atomic mass is 10.1. The summed E-state index contributed by atoms with van der Waals surface area (Å²) in [6.07, 6.45) is 2.97. The van der Waals surface area contributed by atoms with E-state index in [9.17, 15) is 4.79 Å². The molecular formula is C19H22ClN5OS. The van der Waals surface area contributed by atoms with E-state index < -0.39 is 0 Å². The Balaban J connectivity index is 1.65. The van der Waals surface area contributed by atoms with Crippen LogP contribution >= 0.6 is 23.4 Å². The maximum absolute atomic E-state index is 11.8. The molecule has 6 nitrogen and oxygen atoms in total. The average Bonchev–Trinajstić information content (AvgIpc) is 2.73. The van der Waals surface area contributed by atoms with Crippen molar-refractivity contribution < 1.29 is 4.79 Å². The molecule has 0 bridgehead atoms. The number of carbonyl (C=O) groups excluding carboxylic acids is 1. The molecule has 142 valence electrons. The normalized spacial score (nSPS) is 18.0. The number of halogens is 1. The second kappa shape index (κ2) is 7.94. The summed E-state index contributed by atoms with van der Waals surface area (Å²) in [6.45, 7) is 8.39. The summed E-state index contributed by atoms with van der Waals surface area (Å²) >= 11 is 8.54. The molecule has 1 aromatic carbocycles. The Hall–Kier alpha value is -1.99. The van der Waals surface area contributed by atoms with Crippen LogP contribution in [-0.4, -0.2) is 71.5 Å². The lowest BCUT2D eigenvalue weighted by Crippen LogP contribution is -2.48. The smallest absolute Gasteiger partial charge is 0.246 e. The highest BCUT2D eigenvalue weighted by atomic mass is 35.5. The van der Waals surface area contributed by atoms with E-state index in [1.165, 1.54) is 6.08 Å². The van der Waals surface area contributed by atoms with Gasteiger partial charge in [0.1, 0.15) is 12.1 Å². The van der Waals surface area contributed by atoms with Crippen LogP contribution in [0, 0.1) is 0 Å². The fraction of sp³-hybridized carbons (Fsp3) is 0.421. The van der Waals surface area contributed by atoms with Gasteiger partial charge in [-0.15, -0.1) is 0 Å². The summed E-state index contributed by atoms with van der Waals surface area (Å²) in [5.74, 6) is 3.13. The molecule has 0 spiro atoms. The van der Waals surface area contributed by atoms with E-state index in [0.717, 1.165) is 65.1 Å². The van der Waals surface area contributed by atoms with Gasteiger partial charge in [-0.3, -0.25) is 4.79 Å². The monoisotopic (exact) mass is 403 g/mol. The third kappa shape index (κ3) is 3.71. The molecule has 0 radical (unpaired) electrons. The van der Waals surface area contributed by atoms with Gasteiger partial charge in [0.2, 0.25) is 5.91 Å². The number of thioether (sulfide) groups is 1. The molecule has 4 rings (SSSR count). The Bertz CT molecular complexity index is 863. The molecule has 0 N–H and O–H groups in total. The summed E-state index contributed by atoms with van der Waals surface area (Å²) in [4.78, 5) is 27.2. The fourth-order valence-corrected chi connectivity index (χ4v) is 4.80. The SMILES string of the molecule is C=CC(=O)N1CCN(c2ncnc3cc(Cl)c(N4CCSCC4)cc23)CC1. The number of hydrogen-bond acceptors (Lipinski definition) is 6. The van der Waals surface area contributed by atoms with Crippen molar-refractivity contribution in [1.82, 2.24) is 14.9 Å². The predicted octanol–water partition coefficient (Wildman–Crippen LogP) is 2.67. The quantitative estimate of drug-likeness (QED) is 0.734. The molecule has 2 aromatic rings. The highest BCUT2D eigenvalue weighted by Crippen LogP contribution is 2.35. The summed E-state index contributed by atoms with van der Waals surface area (Å²) < 4.78 is 0. The molecule has 0 saturated carbocycles. The van der Waals surface area contributed by atoms with Gasteiger partial charge in [0, 0.05) is 56.2 Å². The molecule has 1 amide bonds. The first-order valence-corrected chi connectivity index (χ1v) is 10.6. The Morgan fingerprint density at radius 2 is 1.81 bits per heavy atom. The third-order valence-electron chi connectivity index (χ3n) is 5.10. The minimum absolute atomic E-state index is 0.0146. The number of aromatic nitrogens is 2. The number of benzene rings is 1. The zero-order valence-corrected chi connectivity index (χ0v) is 16.7. The van der Waals surface area contributed by atoms with Crippen molar-refractivity contribution in [2.24, 2.45) is 0 Å². The molecule has 8 heteroatoms. The first kappa shape index (κ1) is 18.4. The van der Waals surface area contributed by atoms with Crippen LogP contribution in [0.25, 0.3) is 10.9 Å². The van der Waals surface area contributed by atoms with E-state index in [2.05, 4.69) is 32.4 Å². The van der Waals surface area contributed by atoms with Crippen LogP contribution in [0.2, 0.25) is 5.02 Å². The van der Waals surface area contributed by atoms with Gasteiger partial charge in [0.25, 0.3) is 0 Å². The zero-order valence-electron chi connectivity index (χ0n) is 15.1. The molecule has 3 heterocycles. The standard InChI is InChI=1S/C19H22ClN5OS/c1-2-18(26)24-3-5-25(6-4-24)19-14-11-17(23-7-9-27-10-8-23)15(20)12-16(14)21-13-22-19/h2,11-13H,1,3-10H2. The van der Waals surface area contributed by atoms with Crippen molar-refractivity contribution >= 4 is 51.7 Å². The molecule has 0 atom stereocenters. The third-order valence-corrected chi connectivity index (χ3v) is 6.35. The number of nitrogens with zero attached hydrogens (tertiary/aromatic N) is 5. The Kier molecular flexibility index (Phi) is 5.41. The van der Waals surface area contributed by atoms with E-state index in [-0.39, 0.29) is 5.91 Å². The van der Waals surface area contributed by atoms with Gasteiger partial charge >= 0.3 is 0 Å². The summed E-state index contributed by atoms with van der Waals surface area (Å²) in [5.41, 5.74) is 1.91. The van der Waals surface area contributed by atoms with Gasteiger partial charge in [0.05, 0.1) is 16.2 Å². The van der Waals surface area contributed by atoms with Crippen molar-refractivity contribution in [1.29, 1.82) is 0 Å². The molecule has 0 aliphatic carbocycles. The summed E-state index contributed by atoms with van der Waals surface area (Å²) in [6, 6.07) is 4.07. The van der Waals surface area contributed by atoms with Crippen LogP contribution in [0.4, 0.5) is 11.5 Å². The number of amides is 1. The summed E-state index contributed by atoms with van der Waals surface area (Å²) in [7, 11) is 0. The van der Waals surface area contributed by atoms with Gasteiger partial charge < -0.3 is 14.7 Å². The number of piperazine rings is 1. The molecule has 2 aliphatic rings. The minimum atomic E-state index is -0.0146. The molecule has 27 heavy (non-hydrogen) atoms. The fourth-order valence-electron chi connectivity index (χ4n) is 3.62. The minimum Gasteiger partial charge on any atom is -0.369 e. The second-order valence-corrected chi connectivity index (χ2v) is 8.27. The van der Waals surface area contributed by atoms with Gasteiger partial charge in [-0.05, 0) is 18.2 Å². The maximum atomic E-state index is 11.8. The first-order valence-electron chi connectivity index (χ1n) is 9.10. The number of rotatable bonds is 3. The van der Waals surface area contributed by atoms with Crippen LogP contribution in [0.3, 0.4) is 0 Å². The lowest BCUT2D eigenvalue weighted by Gasteiger charge is -2.35. The average molecular weight is 404 g/mol. The largest absolute Gasteiger partial charge is 0.369 e. The molecule has 2 saturated heterocycles. The van der Waals surface area contributed by atoms with Crippen molar-refractivity contribution in [3.05, 3.63) is 36.1 Å². The number of fused-ring (bicyclic) bond motifs is 1. The zero-order chi connectivity index (χ0) is 18.8. The van der Waals surface area contributed by atoms with Crippen molar-refractivity contribution in [2.75, 3.05) is 60.6 Å². The number of anilines is 2. The molecular weight excluding hydrogens is 382 g/mol. The van der Waals surface area contributed by atoms with Gasteiger partial charge in [0.15, 0.2) is 0 Å². The molecule has 2 aliphatic heterocycles. The highest BCUT2D eigenvalue weighted by Gasteiger charge is 2.23. The topological polar surface area (TPSA) is 52.6 Å². The summed E-state index contributed by atoms with van der Waals surface area (Å²) in [5, 5.41) is 1.75. The van der Waals surface area contributed by atoms with Crippen LogP contribution in [-0.2, 0) is 4.79 Å². The number of hydrogen-bond donors (Lipinski definition) is 0. The van der Waals surface area contributed by atoms with Crippen LogP contribution in [0.15, 0.2) is 31.1 Å². The van der Waals surface area contributed by atoms with Crippen LogP contribution in [0.1, 0.15) is 0 Å². The van der Waals surface area contributed by atoms with E-state index in [4.69, 9.17) is 11.6 Å². The first-order chi connectivity index (χ1) is 13.2. The Labute approximate surface area is 168 Å². The van der Waals surface area contributed by atoms with Gasteiger partial charge in [-0.1, -0.05) is 18.2 Å². The maximum Gasteiger partial charge on any atom is 0.246 e. The van der Waals surface area contributed by atoms with E-state index in [0.29, 0.717) is 13.1 Å². The lowest BCUT2D eigenvalue weighted by molar-refractivity contribution is -0.126. The molecule has 1 aromatic heterocycles. The second-order valence-electron chi connectivity index (χ2n) is 6.63. The number of carbonyl (C=O) groups is 1. The predicted molar refractivity (Wildman–Crippen MR) is 113 cm³/mol. The van der Waals surface area contributed by atoms with Crippen LogP contribution < -0.4 is 9.80 Å².